The molecule has 2 heterocycles. The van der Waals surface area contributed by atoms with Gasteiger partial charge in [0.2, 0.25) is 0 Å². The van der Waals surface area contributed by atoms with E-state index in [1.54, 1.807) is 6.20 Å². The first-order valence-corrected chi connectivity index (χ1v) is 8.07. The van der Waals surface area contributed by atoms with E-state index in [4.69, 9.17) is 0 Å². The monoisotopic (exact) mass is 313 g/mol. The minimum Gasteiger partial charge on any atom is -0.385 e. The van der Waals surface area contributed by atoms with Gasteiger partial charge in [-0.1, -0.05) is 17.7 Å². The molecule has 1 saturated heterocycles. The number of aliphatic hydroxyl groups is 1. The summed E-state index contributed by atoms with van der Waals surface area (Å²) < 4.78 is 1.84. The first kappa shape index (κ1) is 15.7. The largest absolute Gasteiger partial charge is 0.385 e. The molecule has 3 rings (SSSR count). The highest BCUT2D eigenvalue weighted by Crippen LogP contribution is 2.29. The summed E-state index contributed by atoms with van der Waals surface area (Å²) >= 11 is 0. The smallest absolute Gasteiger partial charge is 0.253 e. The molecular formula is C18H23N3O2. The van der Waals surface area contributed by atoms with E-state index >= 15 is 0 Å². The maximum absolute atomic E-state index is 12.7. The molecule has 0 spiro atoms. The van der Waals surface area contributed by atoms with Crippen LogP contribution in [-0.2, 0) is 7.05 Å². The zero-order valence-corrected chi connectivity index (χ0v) is 13.6. The van der Waals surface area contributed by atoms with Crippen LogP contribution in [0.25, 0.3) is 0 Å². The Labute approximate surface area is 136 Å². The summed E-state index contributed by atoms with van der Waals surface area (Å²) in [5.41, 5.74) is 1.85. The quantitative estimate of drug-likeness (QED) is 0.946. The van der Waals surface area contributed by atoms with Crippen molar-refractivity contribution >= 4 is 5.91 Å². The first-order valence-electron chi connectivity index (χ1n) is 8.07. The molecule has 1 aliphatic heterocycles. The van der Waals surface area contributed by atoms with Crippen LogP contribution >= 0.6 is 0 Å². The first-order chi connectivity index (χ1) is 11.1. The fourth-order valence-electron chi connectivity index (χ4n) is 3.20. The van der Waals surface area contributed by atoms with E-state index < -0.39 is 6.10 Å². The Hall–Kier alpha value is -2.14. The van der Waals surface area contributed by atoms with Gasteiger partial charge < -0.3 is 14.6 Å². The number of hydrogen-bond acceptors (Lipinski definition) is 3. The predicted molar refractivity (Wildman–Crippen MR) is 88.0 cm³/mol. The van der Waals surface area contributed by atoms with E-state index in [1.165, 1.54) is 0 Å². The third kappa shape index (κ3) is 3.29. The van der Waals surface area contributed by atoms with Crippen LogP contribution in [0.2, 0.25) is 0 Å². The highest BCUT2D eigenvalue weighted by atomic mass is 16.3. The van der Waals surface area contributed by atoms with Crippen LogP contribution < -0.4 is 0 Å². The summed E-state index contributed by atoms with van der Waals surface area (Å²) in [5.74, 6) is 0.737. The molecule has 5 heteroatoms. The van der Waals surface area contributed by atoms with Crippen LogP contribution in [-0.4, -0.2) is 38.6 Å². The van der Waals surface area contributed by atoms with Gasteiger partial charge in [0.1, 0.15) is 11.9 Å². The number of amides is 1. The Kier molecular flexibility index (Phi) is 4.48. The molecule has 0 bridgehead atoms. The topological polar surface area (TPSA) is 58.4 Å². The van der Waals surface area contributed by atoms with Gasteiger partial charge in [0.15, 0.2) is 0 Å². The van der Waals surface area contributed by atoms with Crippen molar-refractivity contribution in [1.29, 1.82) is 0 Å². The van der Waals surface area contributed by atoms with Crippen molar-refractivity contribution in [3.8, 4) is 0 Å². The molecule has 23 heavy (non-hydrogen) atoms. The number of aromatic nitrogens is 2. The molecule has 0 radical (unpaired) electrons. The normalized spacial score (nSPS) is 19.6. The number of nitrogens with zero attached hydrogens (tertiary/aromatic N) is 3. The van der Waals surface area contributed by atoms with Crippen LogP contribution in [0.4, 0.5) is 0 Å². The Morgan fingerprint density at radius 2 is 2.09 bits per heavy atom. The summed E-state index contributed by atoms with van der Waals surface area (Å²) in [5, 5.41) is 10.6. The minimum atomic E-state index is -0.636. The lowest BCUT2D eigenvalue weighted by Gasteiger charge is -2.35. The number of carbonyl (C=O) groups is 1. The minimum absolute atomic E-state index is 0.0271. The van der Waals surface area contributed by atoms with Crippen LogP contribution in [0, 0.1) is 12.8 Å². The molecule has 2 aromatic rings. The van der Waals surface area contributed by atoms with Crippen molar-refractivity contribution in [3.63, 3.8) is 0 Å². The van der Waals surface area contributed by atoms with Gasteiger partial charge >= 0.3 is 0 Å². The van der Waals surface area contributed by atoms with E-state index in [9.17, 15) is 9.90 Å². The Bertz CT molecular complexity index is 678. The van der Waals surface area contributed by atoms with Crippen molar-refractivity contribution in [2.75, 3.05) is 13.1 Å². The van der Waals surface area contributed by atoms with E-state index in [2.05, 4.69) is 4.98 Å². The maximum Gasteiger partial charge on any atom is 0.253 e. The highest BCUT2D eigenvalue weighted by molar-refractivity contribution is 5.94. The molecule has 1 aromatic carbocycles. The Morgan fingerprint density at radius 3 is 2.74 bits per heavy atom. The molecular weight excluding hydrogens is 290 g/mol. The summed E-state index contributed by atoms with van der Waals surface area (Å²) in [6.07, 6.45) is 4.70. The molecule has 1 N–H and O–H groups in total. The number of aliphatic hydroxyl groups excluding tert-OH is 1. The van der Waals surface area contributed by atoms with E-state index in [-0.39, 0.29) is 11.8 Å². The number of carbonyl (C=O) groups excluding carboxylic acids is 1. The van der Waals surface area contributed by atoms with Gasteiger partial charge in [-0.05, 0) is 31.9 Å². The summed E-state index contributed by atoms with van der Waals surface area (Å²) in [7, 11) is 1.88. The predicted octanol–water partition coefficient (Wildman–Crippen LogP) is 2.31. The summed E-state index contributed by atoms with van der Waals surface area (Å²) in [6, 6.07) is 7.65. The van der Waals surface area contributed by atoms with Crippen molar-refractivity contribution in [1.82, 2.24) is 14.5 Å². The number of likely N-dealkylation sites (tertiary alicyclic amines) is 1. The van der Waals surface area contributed by atoms with Crippen LogP contribution in [0.1, 0.15) is 40.7 Å². The number of hydrogen-bond donors (Lipinski definition) is 1. The molecule has 1 aromatic heterocycles. The Balaban J connectivity index is 1.72. The van der Waals surface area contributed by atoms with Crippen molar-refractivity contribution < 1.29 is 9.90 Å². The molecule has 2 atom stereocenters. The number of aryl methyl sites for hydroxylation is 2. The summed E-state index contributed by atoms with van der Waals surface area (Å²) in [4.78, 5) is 18.7. The number of piperidine rings is 1. The van der Waals surface area contributed by atoms with Crippen LogP contribution in [0.3, 0.4) is 0 Å². The van der Waals surface area contributed by atoms with Crippen molar-refractivity contribution in [2.24, 2.45) is 13.0 Å². The van der Waals surface area contributed by atoms with E-state index in [0.29, 0.717) is 17.9 Å². The maximum atomic E-state index is 12.7. The lowest BCUT2D eigenvalue weighted by atomic mass is 9.91. The molecule has 0 saturated carbocycles. The molecule has 122 valence electrons. The van der Waals surface area contributed by atoms with Crippen LogP contribution in [0.5, 0.6) is 0 Å². The standard InChI is InChI=1S/C18H23N3O2/c1-13-5-7-14(8-6-13)18(23)21-10-3-4-15(12-21)16(22)17-19-9-11-20(17)2/h5-9,11,15-16,22H,3-4,10,12H2,1-2H3. The zero-order valence-electron chi connectivity index (χ0n) is 13.6. The summed E-state index contributed by atoms with van der Waals surface area (Å²) in [6.45, 7) is 3.33. The van der Waals surface area contributed by atoms with E-state index in [1.807, 2.05) is 53.9 Å². The number of benzene rings is 1. The average molecular weight is 313 g/mol. The highest BCUT2D eigenvalue weighted by Gasteiger charge is 2.31. The lowest BCUT2D eigenvalue weighted by molar-refractivity contribution is 0.0358. The molecule has 0 aliphatic carbocycles. The van der Waals surface area contributed by atoms with E-state index in [0.717, 1.165) is 24.9 Å². The van der Waals surface area contributed by atoms with Gasteiger partial charge in [-0.15, -0.1) is 0 Å². The fourth-order valence-corrected chi connectivity index (χ4v) is 3.20. The van der Waals surface area contributed by atoms with Crippen LogP contribution in [0.15, 0.2) is 36.7 Å². The second-order valence-corrected chi connectivity index (χ2v) is 6.36. The fraction of sp³-hybridized carbons (Fsp3) is 0.444. The molecule has 5 nitrogen and oxygen atoms in total. The number of rotatable bonds is 3. The molecule has 2 unspecified atom stereocenters. The number of imidazole rings is 1. The van der Waals surface area contributed by atoms with Gasteiger partial charge in [0.25, 0.3) is 5.91 Å². The Morgan fingerprint density at radius 1 is 1.35 bits per heavy atom. The van der Waals surface area contributed by atoms with Crippen molar-refractivity contribution in [2.45, 2.75) is 25.9 Å². The second-order valence-electron chi connectivity index (χ2n) is 6.36. The second kappa shape index (κ2) is 6.54. The van der Waals surface area contributed by atoms with Gasteiger partial charge in [-0.2, -0.15) is 0 Å². The van der Waals surface area contributed by atoms with Gasteiger partial charge in [0.05, 0.1) is 0 Å². The molecule has 1 aliphatic rings. The van der Waals surface area contributed by atoms with Gasteiger partial charge in [-0.25, -0.2) is 4.98 Å². The van der Waals surface area contributed by atoms with Gasteiger partial charge in [0, 0.05) is 44.0 Å². The average Bonchev–Trinajstić information content (AvgIpc) is 3.00. The zero-order chi connectivity index (χ0) is 16.4. The van der Waals surface area contributed by atoms with Gasteiger partial charge in [-0.3, -0.25) is 4.79 Å². The third-order valence-electron chi connectivity index (χ3n) is 4.61. The molecule has 1 amide bonds. The lowest BCUT2D eigenvalue weighted by Crippen LogP contribution is -2.42. The third-order valence-corrected chi connectivity index (χ3v) is 4.61. The SMILES string of the molecule is Cc1ccc(C(=O)N2CCCC(C(O)c3nccn3C)C2)cc1. The molecule has 1 fully saturated rings. The van der Waals surface area contributed by atoms with Crippen molar-refractivity contribution in [3.05, 3.63) is 53.6 Å².